The lowest BCUT2D eigenvalue weighted by Crippen LogP contribution is -2.19. The molecule has 1 aromatic heterocycles. The third kappa shape index (κ3) is 4.90. The molecular formula is C22H24N2O2. The Morgan fingerprint density at radius 1 is 1.15 bits per heavy atom. The molecule has 2 heterocycles. The molecule has 3 rings (SSSR count). The van der Waals surface area contributed by atoms with Crippen LogP contribution in [0.4, 0.5) is 0 Å². The van der Waals surface area contributed by atoms with Crippen LogP contribution in [-0.2, 0) is 4.79 Å². The van der Waals surface area contributed by atoms with Gasteiger partial charge in [0.2, 0.25) is 0 Å². The van der Waals surface area contributed by atoms with Crippen molar-refractivity contribution < 1.29 is 9.90 Å². The second-order valence-corrected chi connectivity index (χ2v) is 6.61. The Hall–Kier alpha value is -2.72. The van der Waals surface area contributed by atoms with Gasteiger partial charge in [-0.1, -0.05) is 42.0 Å². The summed E-state index contributed by atoms with van der Waals surface area (Å²) in [5.74, 6) is -0.972. The number of benzene rings is 1. The summed E-state index contributed by atoms with van der Waals surface area (Å²) in [5.41, 5.74) is 4.94. The average Bonchev–Trinajstić information content (AvgIpc) is 3.15. The summed E-state index contributed by atoms with van der Waals surface area (Å²) in [7, 11) is 0. The van der Waals surface area contributed by atoms with Gasteiger partial charge in [-0.2, -0.15) is 0 Å². The molecule has 0 spiro atoms. The number of aryl methyl sites for hydroxylation is 1. The number of likely N-dealkylation sites (tertiary alicyclic amines) is 1. The van der Waals surface area contributed by atoms with Gasteiger partial charge in [-0.15, -0.1) is 0 Å². The molecule has 1 aliphatic rings. The fraction of sp³-hybridized carbons (Fsp3) is 0.273. The summed E-state index contributed by atoms with van der Waals surface area (Å²) in [6.45, 7) is 5.27. The molecule has 1 N–H and O–H groups in total. The third-order valence-electron chi connectivity index (χ3n) is 4.56. The van der Waals surface area contributed by atoms with Gasteiger partial charge in [0.05, 0.1) is 11.4 Å². The van der Waals surface area contributed by atoms with Crippen LogP contribution >= 0.6 is 0 Å². The van der Waals surface area contributed by atoms with Gasteiger partial charge >= 0.3 is 5.97 Å². The number of hydrogen-bond donors (Lipinski definition) is 1. The quantitative estimate of drug-likeness (QED) is 0.801. The number of carbonyl (C=O) groups is 1. The largest absolute Gasteiger partial charge is 0.478 e. The molecule has 0 unspecified atom stereocenters. The number of carboxylic acids is 1. The van der Waals surface area contributed by atoms with Crippen LogP contribution in [-0.4, -0.2) is 40.6 Å². The van der Waals surface area contributed by atoms with E-state index in [1.165, 1.54) is 24.5 Å². The standard InChI is InChI=1S/C22H24N2O2/c1-17-7-9-18(10-8-17)20(13-16-24-14-2-3-15-24)21-6-4-5-19(23-21)11-12-22(25)26/h4-13H,2-3,14-16H2,1H3,(H,25,26)/b12-11?,20-13-. The van der Waals surface area contributed by atoms with E-state index >= 15 is 0 Å². The number of rotatable bonds is 6. The topological polar surface area (TPSA) is 53.4 Å². The molecule has 134 valence electrons. The minimum absolute atomic E-state index is 0.643. The zero-order valence-corrected chi connectivity index (χ0v) is 15.1. The van der Waals surface area contributed by atoms with E-state index in [0.717, 1.165) is 42.5 Å². The summed E-state index contributed by atoms with van der Waals surface area (Å²) >= 11 is 0. The molecule has 26 heavy (non-hydrogen) atoms. The predicted octanol–water partition coefficient (Wildman–Crippen LogP) is 4.02. The van der Waals surface area contributed by atoms with Crippen molar-refractivity contribution in [2.75, 3.05) is 19.6 Å². The van der Waals surface area contributed by atoms with Crippen LogP contribution in [0.2, 0.25) is 0 Å². The molecule has 1 fully saturated rings. The van der Waals surface area contributed by atoms with Crippen molar-refractivity contribution >= 4 is 17.6 Å². The maximum atomic E-state index is 10.8. The van der Waals surface area contributed by atoms with Crippen LogP contribution in [0.15, 0.2) is 54.6 Å². The number of pyridine rings is 1. The molecule has 4 nitrogen and oxygen atoms in total. The molecule has 1 aromatic carbocycles. The molecular weight excluding hydrogens is 324 g/mol. The Bertz CT molecular complexity index is 816. The van der Waals surface area contributed by atoms with E-state index < -0.39 is 5.97 Å². The van der Waals surface area contributed by atoms with Crippen LogP contribution < -0.4 is 0 Å². The Labute approximate surface area is 154 Å². The van der Waals surface area contributed by atoms with E-state index in [-0.39, 0.29) is 0 Å². The molecule has 0 amide bonds. The zero-order valence-electron chi connectivity index (χ0n) is 15.1. The second-order valence-electron chi connectivity index (χ2n) is 6.61. The van der Waals surface area contributed by atoms with E-state index in [1.807, 2.05) is 18.2 Å². The van der Waals surface area contributed by atoms with Crippen LogP contribution in [0.5, 0.6) is 0 Å². The maximum absolute atomic E-state index is 10.8. The van der Waals surface area contributed by atoms with E-state index in [4.69, 9.17) is 5.11 Å². The third-order valence-corrected chi connectivity index (χ3v) is 4.56. The predicted molar refractivity (Wildman–Crippen MR) is 105 cm³/mol. The summed E-state index contributed by atoms with van der Waals surface area (Å²) < 4.78 is 0. The molecule has 0 saturated carbocycles. The molecule has 0 bridgehead atoms. The Kier molecular flexibility index (Phi) is 5.97. The van der Waals surface area contributed by atoms with Gasteiger partial charge in [0.1, 0.15) is 0 Å². The van der Waals surface area contributed by atoms with E-state index in [0.29, 0.717) is 5.69 Å². The van der Waals surface area contributed by atoms with Crippen molar-refractivity contribution in [3.63, 3.8) is 0 Å². The normalized spacial score (nSPS) is 15.7. The summed E-state index contributed by atoms with van der Waals surface area (Å²) in [6, 6.07) is 14.2. The molecule has 1 saturated heterocycles. The van der Waals surface area contributed by atoms with Crippen LogP contribution in [0.25, 0.3) is 11.6 Å². The maximum Gasteiger partial charge on any atom is 0.328 e. The van der Waals surface area contributed by atoms with Crippen molar-refractivity contribution in [2.24, 2.45) is 0 Å². The first-order valence-corrected chi connectivity index (χ1v) is 9.00. The minimum Gasteiger partial charge on any atom is -0.478 e. The highest BCUT2D eigenvalue weighted by Gasteiger charge is 2.12. The minimum atomic E-state index is -0.972. The van der Waals surface area contributed by atoms with Crippen molar-refractivity contribution in [2.45, 2.75) is 19.8 Å². The number of hydrogen-bond acceptors (Lipinski definition) is 3. The van der Waals surface area contributed by atoms with Gasteiger partial charge in [0.15, 0.2) is 0 Å². The summed E-state index contributed by atoms with van der Waals surface area (Å²) in [5, 5.41) is 8.83. The van der Waals surface area contributed by atoms with Crippen LogP contribution in [0.1, 0.15) is 35.4 Å². The Morgan fingerprint density at radius 3 is 2.58 bits per heavy atom. The highest BCUT2D eigenvalue weighted by atomic mass is 16.4. The Balaban J connectivity index is 1.94. The monoisotopic (exact) mass is 348 g/mol. The highest BCUT2D eigenvalue weighted by Crippen LogP contribution is 2.23. The number of aromatic nitrogens is 1. The SMILES string of the molecule is Cc1ccc(/C(=C/CN2CCCC2)c2cccc(C=CC(=O)O)n2)cc1. The van der Waals surface area contributed by atoms with E-state index in [2.05, 4.69) is 47.1 Å². The number of carboxylic acid groups (broad SMARTS) is 1. The zero-order chi connectivity index (χ0) is 18.4. The van der Waals surface area contributed by atoms with Gasteiger partial charge in [-0.05, 0) is 56.6 Å². The summed E-state index contributed by atoms with van der Waals surface area (Å²) in [4.78, 5) is 17.9. The highest BCUT2D eigenvalue weighted by molar-refractivity contribution is 5.85. The lowest BCUT2D eigenvalue weighted by atomic mass is 10.00. The van der Waals surface area contributed by atoms with Gasteiger partial charge < -0.3 is 5.11 Å². The number of nitrogens with zero attached hydrogens (tertiary/aromatic N) is 2. The lowest BCUT2D eigenvalue weighted by Gasteiger charge is -2.14. The summed E-state index contributed by atoms with van der Waals surface area (Å²) in [6.07, 6.45) is 7.41. The first kappa shape index (κ1) is 18.1. The van der Waals surface area contributed by atoms with Crippen LogP contribution in [0, 0.1) is 6.92 Å². The first-order chi connectivity index (χ1) is 12.6. The van der Waals surface area contributed by atoms with E-state index in [9.17, 15) is 4.79 Å². The van der Waals surface area contributed by atoms with Crippen LogP contribution in [0.3, 0.4) is 0 Å². The molecule has 0 atom stereocenters. The molecule has 0 aliphatic carbocycles. The van der Waals surface area contributed by atoms with Gasteiger partial charge in [0.25, 0.3) is 0 Å². The van der Waals surface area contributed by atoms with Crippen molar-refractivity contribution in [1.29, 1.82) is 0 Å². The van der Waals surface area contributed by atoms with E-state index in [1.54, 1.807) is 0 Å². The molecule has 4 heteroatoms. The molecule has 1 aliphatic heterocycles. The van der Waals surface area contributed by atoms with Crippen molar-refractivity contribution in [1.82, 2.24) is 9.88 Å². The molecule has 0 radical (unpaired) electrons. The van der Waals surface area contributed by atoms with Gasteiger partial charge in [-0.25, -0.2) is 9.78 Å². The number of aliphatic carboxylic acids is 1. The van der Waals surface area contributed by atoms with Crippen molar-refractivity contribution in [3.05, 3.63) is 77.1 Å². The van der Waals surface area contributed by atoms with Gasteiger partial charge in [-0.3, -0.25) is 4.90 Å². The van der Waals surface area contributed by atoms with Crippen molar-refractivity contribution in [3.8, 4) is 0 Å². The average molecular weight is 348 g/mol. The van der Waals surface area contributed by atoms with Gasteiger partial charge in [0, 0.05) is 18.2 Å². The first-order valence-electron chi connectivity index (χ1n) is 9.00. The lowest BCUT2D eigenvalue weighted by molar-refractivity contribution is -0.131. The second kappa shape index (κ2) is 8.59. The molecule has 2 aromatic rings. The Morgan fingerprint density at radius 2 is 1.88 bits per heavy atom. The smallest absolute Gasteiger partial charge is 0.328 e. The fourth-order valence-electron chi connectivity index (χ4n) is 3.14. The fourth-order valence-corrected chi connectivity index (χ4v) is 3.14.